The zero-order chi connectivity index (χ0) is 11.3. The van der Waals surface area contributed by atoms with Gasteiger partial charge in [0.15, 0.2) is 0 Å². The summed E-state index contributed by atoms with van der Waals surface area (Å²) in [6, 6.07) is 0. The van der Waals surface area contributed by atoms with Crippen LogP contribution in [0.4, 0.5) is 0 Å². The second-order valence-corrected chi connectivity index (χ2v) is 3.62. The van der Waals surface area contributed by atoms with Crippen molar-refractivity contribution in [2.24, 2.45) is 0 Å². The van der Waals surface area contributed by atoms with E-state index in [1.807, 2.05) is 0 Å². The third-order valence-corrected chi connectivity index (χ3v) is 2.64. The van der Waals surface area contributed by atoms with Gasteiger partial charge in [-0.25, -0.2) is 4.79 Å². The molecule has 1 heterocycles. The summed E-state index contributed by atoms with van der Waals surface area (Å²) >= 11 is 0. The van der Waals surface area contributed by atoms with E-state index in [2.05, 4.69) is 16.8 Å². The van der Waals surface area contributed by atoms with Crippen molar-refractivity contribution in [1.82, 2.24) is 10.2 Å². The molecule has 0 atom stereocenters. The summed E-state index contributed by atoms with van der Waals surface area (Å²) in [5.74, 6) is 0.0723. The second kappa shape index (κ2) is 7.38. The van der Waals surface area contributed by atoms with Crippen molar-refractivity contribution in [3.8, 4) is 0 Å². The fourth-order valence-corrected chi connectivity index (χ4v) is 1.65. The maximum atomic E-state index is 11.3. The minimum atomic E-state index is 0. The molecule has 2 amide bonds. The summed E-state index contributed by atoms with van der Waals surface area (Å²) in [7, 11) is 1.63. The van der Waals surface area contributed by atoms with Crippen LogP contribution in [0.15, 0.2) is 12.7 Å². The van der Waals surface area contributed by atoms with Gasteiger partial charge in [0.05, 0.1) is 19.6 Å². The van der Waals surface area contributed by atoms with Crippen molar-refractivity contribution < 1.29 is 26.9 Å². The zero-order valence-electron chi connectivity index (χ0n) is 9.46. The number of nitrogens with one attached hydrogen (secondary N) is 2. The predicted molar refractivity (Wildman–Crippen MR) is 56.4 cm³/mol. The van der Waals surface area contributed by atoms with Gasteiger partial charge < -0.3 is 17.7 Å². The van der Waals surface area contributed by atoms with Crippen molar-refractivity contribution in [1.29, 1.82) is 0 Å². The zero-order valence-corrected chi connectivity index (χ0v) is 10.2. The number of piperazine rings is 1. The Kier molecular flexibility index (Phi) is 6.96. The van der Waals surface area contributed by atoms with E-state index in [0.29, 0.717) is 6.54 Å². The first-order valence-electron chi connectivity index (χ1n) is 5.11. The van der Waals surface area contributed by atoms with E-state index in [0.717, 1.165) is 31.1 Å². The van der Waals surface area contributed by atoms with Gasteiger partial charge in [0.25, 0.3) is 0 Å². The summed E-state index contributed by atoms with van der Waals surface area (Å²) in [6.45, 7) is 6.95. The molecule has 0 spiro atoms. The second-order valence-electron chi connectivity index (χ2n) is 3.62. The fraction of sp³-hybridized carbons (Fsp3) is 0.600. The van der Waals surface area contributed by atoms with Crippen molar-refractivity contribution in [3.05, 3.63) is 12.7 Å². The average Bonchev–Trinajstić information content (AvgIpc) is 2.29. The Hall–Kier alpha value is -0.910. The van der Waals surface area contributed by atoms with Crippen molar-refractivity contribution >= 4 is 11.8 Å². The minimum Gasteiger partial charge on any atom is -1.00 e. The largest absolute Gasteiger partial charge is 1.00 e. The summed E-state index contributed by atoms with van der Waals surface area (Å²) in [5, 5.41) is 2.59. The normalized spacial score (nSPS) is 17.3. The number of amides is 2. The summed E-state index contributed by atoms with van der Waals surface area (Å²) < 4.78 is 0. The summed E-state index contributed by atoms with van der Waals surface area (Å²) in [6.07, 6.45) is 1.36. The van der Waals surface area contributed by atoms with Crippen LogP contribution >= 0.6 is 0 Å². The van der Waals surface area contributed by atoms with Crippen LogP contribution in [-0.4, -0.2) is 56.5 Å². The maximum absolute atomic E-state index is 11.3. The van der Waals surface area contributed by atoms with E-state index in [9.17, 15) is 9.59 Å². The van der Waals surface area contributed by atoms with Gasteiger partial charge in [-0.3, -0.25) is 14.6 Å². The topological polar surface area (TPSA) is 53.9 Å². The average molecular weight is 248 g/mol. The fourth-order valence-electron chi connectivity index (χ4n) is 1.65. The van der Waals surface area contributed by atoms with E-state index >= 15 is 0 Å². The Morgan fingerprint density at radius 2 is 2.00 bits per heavy atom. The van der Waals surface area contributed by atoms with Crippen LogP contribution in [0, 0.1) is 0 Å². The smallest absolute Gasteiger partial charge is 0.336 e. The lowest BCUT2D eigenvalue weighted by molar-refractivity contribution is -0.823. The molecule has 1 aliphatic heterocycles. The summed E-state index contributed by atoms with van der Waals surface area (Å²) in [5.41, 5.74) is 0. The number of nitrogens with zero attached hydrogens (tertiary/aromatic N) is 1. The molecule has 1 saturated heterocycles. The molecule has 16 heavy (non-hydrogen) atoms. The molecular weight excluding hydrogens is 230 g/mol. The Balaban J connectivity index is 0.00000225. The molecule has 1 rings (SSSR count). The number of quaternary nitrogens is 1. The van der Waals surface area contributed by atoms with Crippen LogP contribution in [-0.2, 0) is 9.59 Å². The molecular formula is C10H18ClN3O2. The SMILES string of the molecule is C=CC(=O)[NH+]1CCN(CC(=O)NC)CC1.[Cl-]. The first-order valence-corrected chi connectivity index (χ1v) is 5.11. The first kappa shape index (κ1) is 15.1. The molecule has 0 aromatic carbocycles. The lowest BCUT2D eigenvalue weighted by atomic mass is 10.3. The molecule has 92 valence electrons. The molecule has 0 aromatic rings. The number of hydrogen-bond acceptors (Lipinski definition) is 3. The molecule has 0 saturated carbocycles. The summed E-state index contributed by atoms with van der Waals surface area (Å²) in [4.78, 5) is 25.4. The van der Waals surface area contributed by atoms with Gasteiger partial charge in [-0.1, -0.05) is 6.58 Å². The standard InChI is InChI=1S/C10H17N3O2.ClH/c1-3-10(15)13-6-4-12(5-7-13)8-9(14)11-2;/h3H,1,4-8H2,2H3,(H,11,14);1H. The van der Waals surface area contributed by atoms with Gasteiger partial charge in [0.2, 0.25) is 5.91 Å². The van der Waals surface area contributed by atoms with Crippen LogP contribution < -0.4 is 22.6 Å². The van der Waals surface area contributed by atoms with E-state index in [1.54, 1.807) is 7.05 Å². The van der Waals surface area contributed by atoms with Gasteiger partial charge in [0, 0.05) is 26.2 Å². The van der Waals surface area contributed by atoms with Gasteiger partial charge in [-0.15, -0.1) is 0 Å². The van der Waals surface area contributed by atoms with Crippen LogP contribution in [0.1, 0.15) is 0 Å². The number of halogens is 1. The third-order valence-electron chi connectivity index (χ3n) is 2.64. The highest BCUT2D eigenvalue weighted by Crippen LogP contribution is 1.88. The van der Waals surface area contributed by atoms with Gasteiger partial charge in [-0.2, -0.15) is 0 Å². The monoisotopic (exact) mass is 247 g/mol. The third kappa shape index (κ3) is 4.30. The highest BCUT2D eigenvalue weighted by molar-refractivity contribution is 5.79. The van der Waals surface area contributed by atoms with Gasteiger partial charge >= 0.3 is 5.91 Å². The molecule has 1 fully saturated rings. The Morgan fingerprint density at radius 1 is 1.44 bits per heavy atom. The number of rotatable bonds is 3. The van der Waals surface area contributed by atoms with Gasteiger partial charge in [0.1, 0.15) is 0 Å². The minimum absolute atomic E-state index is 0. The molecule has 0 radical (unpaired) electrons. The lowest BCUT2D eigenvalue weighted by Crippen LogP contribution is -3.17. The molecule has 0 unspecified atom stereocenters. The Labute approximate surface area is 102 Å². The number of carbonyl (C=O) groups excluding carboxylic acids is 2. The number of likely N-dealkylation sites (N-methyl/N-ethyl adjacent to an activating group) is 1. The maximum Gasteiger partial charge on any atom is 0.336 e. The van der Waals surface area contributed by atoms with Gasteiger partial charge in [-0.05, 0) is 0 Å². The van der Waals surface area contributed by atoms with Crippen LogP contribution in [0.5, 0.6) is 0 Å². The van der Waals surface area contributed by atoms with Crippen LogP contribution in [0.3, 0.4) is 0 Å². The number of hydrogen-bond donors (Lipinski definition) is 2. The van der Waals surface area contributed by atoms with E-state index in [4.69, 9.17) is 0 Å². The Bertz CT molecular complexity index is 263. The first-order chi connectivity index (χ1) is 7.17. The molecule has 2 N–H and O–H groups in total. The van der Waals surface area contributed by atoms with Crippen molar-refractivity contribution in [2.45, 2.75) is 0 Å². The highest BCUT2D eigenvalue weighted by Gasteiger charge is 2.24. The molecule has 1 aliphatic rings. The molecule has 6 heteroatoms. The Morgan fingerprint density at radius 3 is 2.44 bits per heavy atom. The van der Waals surface area contributed by atoms with E-state index in [-0.39, 0.29) is 24.2 Å². The van der Waals surface area contributed by atoms with Crippen LogP contribution in [0.2, 0.25) is 0 Å². The molecule has 5 nitrogen and oxygen atoms in total. The molecule has 0 aliphatic carbocycles. The lowest BCUT2D eigenvalue weighted by Gasteiger charge is -2.29. The molecule has 0 bridgehead atoms. The number of carbonyl (C=O) groups is 2. The van der Waals surface area contributed by atoms with E-state index < -0.39 is 0 Å². The predicted octanol–water partition coefficient (Wildman–Crippen LogP) is -5.35. The quantitative estimate of drug-likeness (QED) is 0.490. The van der Waals surface area contributed by atoms with Crippen molar-refractivity contribution in [2.75, 3.05) is 39.8 Å². The van der Waals surface area contributed by atoms with E-state index in [1.165, 1.54) is 6.08 Å². The van der Waals surface area contributed by atoms with Crippen molar-refractivity contribution in [3.63, 3.8) is 0 Å². The molecule has 0 aromatic heterocycles. The highest BCUT2D eigenvalue weighted by atomic mass is 35.5. The van der Waals surface area contributed by atoms with Crippen LogP contribution in [0.25, 0.3) is 0 Å².